The molecular weight excluding hydrogens is 462 g/mol. The molecule has 0 unspecified atom stereocenters. The van der Waals surface area contributed by atoms with Gasteiger partial charge in [-0.15, -0.1) is 11.3 Å². The molecule has 0 atom stereocenters. The molecule has 2 amide bonds. The number of piperidine rings is 1. The number of hydrazine groups is 1. The number of hydrogen-bond donors (Lipinski definition) is 2. The van der Waals surface area contributed by atoms with Crippen LogP contribution in [0.4, 0.5) is 0 Å². The fraction of sp³-hybridized carbons (Fsp3) is 0.591. The second kappa shape index (κ2) is 9.94. The molecule has 1 aliphatic heterocycles. The maximum atomic E-state index is 12.8. The minimum absolute atomic E-state index is 0.0303. The van der Waals surface area contributed by atoms with Gasteiger partial charge in [0.2, 0.25) is 5.91 Å². The molecule has 0 radical (unpaired) electrons. The molecule has 1 aliphatic carbocycles. The number of aromatic nitrogens is 2. The lowest BCUT2D eigenvalue weighted by atomic mass is 9.98. The fourth-order valence-corrected chi connectivity index (χ4v) is 7.02. The monoisotopic (exact) mass is 493 g/mol. The van der Waals surface area contributed by atoms with E-state index in [9.17, 15) is 18.0 Å². The Morgan fingerprint density at radius 2 is 1.79 bits per heavy atom. The molecule has 11 heteroatoms. The van der Waals surface area contributed by atoms with Crippen molar-refractivity contribution < 1.29 is 18.0 Å². The average molecular weight is 494 g/mol. The van der Waals surface area contributed by atoms with Crippen LogP contribution < -0.4 is 10.9 Å². The lowest BCUT2D eigenvalue weighted by molar-refractivity contribution is -0.126. The summed E-state index contributed by atoms with van der Waals surface area (Å²) < 4.78 is 28.7. The van der Waals surface area contributed by atoms with Gasteiger partial charge in [0.1, 0.15) is 5.82 Å². The van der Waals surface area contributed by atoms with E-state index in [1.54, 1.807) is 18.5 Å². The first-order valence-corrected chi connectivity index (χ1v) is 13.7. The maximum Gasteiger partial charge on any atom is 0.279 e. The first-order chi connectivity index (χ1) is 15.8. The highest BCUT2D eigenvalue weighted by atomic mass is 32.2. The van der Waals surface area contributed by atoms with Gasteiger partial charge in [-0.05, 0) is 57.1 Å². The lowest BCUT2D eigenvalue weighted by Crippen LogP contribution is -2.48. The van der Waals surface area contributed by atoms with E-state index in [2.05, 4.69) is 15.8 Å². The van der Waals surface area contributed by atoms with Crippen LogP contribution in [0.5, 0.6) is 0 Å². The van der Waals surface area contributed by atoms with Crippen LogP contribution in [0, 0.1) is 12.8 Å². The van der Waals surface area contributed by atoms with Gasteiger partial charge < -0.3 is 4.57 Å². The third-order valence-electron chi connectivity index (χ3n) is 6.54. The van der Waals surface area contributed by atoms with Gasteiger partial charge in [0.05, 0.1) is 4.88 Å². The molecule has 2 N–H and O–H groups in total. The van der Waals surface area contributed by atoms with Crippen molar-refractivity contribution in [3.63, 3.8) is 0 Å². The maximum absolute atomic E-state index is 12.8. The van der Waals surface area contributed by atoms with Crippen LogP contribution in [0.1, 0.15) is 64.5 Å². The third-order valence-corrected chi connectivity index (χ3v) is 9.54. The summed E-state index contributed by atoms with van der Waals surface area (Å²) in [6.45, 7) is 2.22. The number of fused-ring (bicyclic) bond motifs is 1. The standard InChI is InChI=1S/C22H31N5O4S2/c1-15-23-20(14-26(15)2)33(30,31)27-11-9-16(10-12-27)21(28)24-25-22(29)19-13-17-7-5-3-4-6-8-18(17)32-19/h13-14,16H,3-12H2,1-2H3,(H,24,28)(H,25,29). The Kier molecular flexibility index (Phi) is 7.20. The predicted molar refractivity (Wildman–Crippen MR) is 125 cm³/mol. The van der Waals surface area contributed by atoms with E-state index in [1.165, 1.54) is 45.1 Å². The second-order valence-electron chi connectivity index (χ2n) is 8.83. The van der Waals surface area contributed by atoms with Crippen LogP contribution in [-0.2, 0) is 34.7 Å². The van der Waals surface area contributed by atoms with Crippen LogP contribution in [0.25, 0.3) is 0 Å². The van der Waals surface area contributed by atoms with Crippen molar-refractivity contribution >= 4 is 33.2 Å². The van der Waals surface area contributed by atoms with Crippen LogP contribution in [0.15, 0.2) is 17.3 Å². The molecule has 4 rings (SSSR count). The van der Waals surface area contributed by atoms with Crippen molar-refractivity contribution in [3.05, 3.63) is 33.4 Å². The zero-order chi connectivity index (χ0) is 23.6. The molecule has 33 heavy (non-hydrogen) atoms. The van der Waals surface area contributed by atoms with E-state index in [4.69, 9.17) is 0 Å². The van der Waals surface area contributed by atoms with Gasteiger partial charge in [0.15, 0.2) is 5.03 Å². The summed E-state index contributed by atoms with van der Waals surface area (Å²) in [4.78, 5) is 31.2. The molecule has 0 saturated carbocycles. The summed E-state index contributed by atoms with van der Waals surface area (Å²) in [5, 5.41) is 0.0303. The normalized spacial score (nSPS) is 18.2. The lowest BCUT2D eigenvalue weighted by Gasteiger charge is -2.29. The Labute approximate surface area is 198 Å². The number of nitrogens with zero attached hydrogens (tertiary/aromatic N) is 3. The van der Waals surface area contributed by atoms with Gasteiger partial charge in [-0.1, -0.05) is 12.8 Å². The first kappa shape index (κ1) is 23.9. The van der Waals surface area contributed by atoms with E-state index < -0.39 is 10.0 Å². The molecule has 1 saturated heterocycles. The van der Waals surface area contributed by atoms with Gasteiger partial charge in [-0.25, -0.2) is 13.4 Å². The molecule has 0 aromatic carbocycles. The Bertz CT molecular complexity index is 1080. The third kappa shape index (κ3) is 5.30. The number of nitrogens with one attached hydrogen (secondary N) is 2. The van der Waals surface area contributed by atoms with Gasteiger partial charge >= 0.3 is 0 Å². The van der Waals surface area contributed by atoms with Crippen molar-refractivity contribution in [3.8, 4) is 0 Å². The molecule has 0 spiro atoms. The smallest absolute Gasteiger partial charge is 0.279 e. The minimum atomic E-state index is -3.68. The summed E-state index contributed by atoms with van der Waals surface area (Å²) in [6, 6.07) is 1.95. The molecule has 2 aromatic rings. The van der Waals surface area contributed by atoms with Gasteiger partial charge in [-0.2, -0.15) is 4.31 Å². The largest absolute Gasteiger partial charge is 0.337 e. The molecule has 2 aromatic heterocycles. The highest BCUT2D eigenvalue weighted by molar-refractivity contribution is 7.89. The molecule has 0 bridgehead atoms. The quantitative estimate of drug-likeness (QED) is 0.635. The van der Waals surface area contributed by atoms with Crippen LogP contribution in [0.3, 0.4) is 0 Å². The van der Waals surface area contributed by atoms with Crippen molar-refractivity contribution in [2.45, 2.75) is 63.3 Å². The van der Waals surface area contributed by atoms with E-state index in [-0.39, 0.29) is 35.8 Å². The van der Waals surface area contributed by atoms with E-state index in [0.717, 1.165) is 25.7 Å². The molecule has 2 aliphatic rings. The van der Waals surface area contributed by atoms with Crippen LogP contribution >= 0.6 is 11.3 Å². The molecule has 180 valence electrons. The summed E-state index contributed by atoms with van der Waals surface area (Å²) in [5.41, 5.74) is 6.33. The van der Waals surface area contributed by atoms with Crippen molar-refractivity contribution in [2.75, 3.05) is 13.1 Å². The average Bonchev–Trinajstić information content (AvgIpc) is 3.34. The number of carbonyl (C=O) groups excluding carboxylic acids is 2. The number of sulfonamides is 1. The first-order valence-electron chi connectivity index (χ1n) is 11.5. The Morgan fingerprint density at radius 3 is 2.45 bits per heavy atom. The SMILES string of the molecule is Cc1nc(S(=O)(=O)N2CCC(C(=O)NNC(=O)c3cc4c(s3)CCCCCC4)CC2)cn1C. The molecule has 9 nitrogen and oxygen atoms in total. The van der Waals surface area contributed by atoms with E-state index >= 15 is 0 Å². The van der Waals surface area contributed by atoms with E-state index in [1.807, 2.05) is 6.07 Å². The van der Waals surface area contributed by atoms with E-state index in [0.29, 0.717) is 23.5 Å². The van der Waals surface area contributed by atoms with Crippen molar-refractivity contribution in [2.24, 2.45) is 13.0 Å². The van der Waals surface area contributed by atoms with Crippen LogP contribution in [0.2, 0.25) is 0 Å². The summed E-state index contributed by atoms with van der Waals surface area (Å²) in [5.74, 6) is -0.323. The van der Waals surface area contributed by atoms with Gasteiger partial charge in [-0.3, -0.25) is 20.4 Å². The predicted octanol–water partition coefficient (Wildman–Crippen LogP) is 2.31. The Hall–Kier alpha value is -2.24. The number of thiophene rings is 1. The molecular formula is C22H31N5O4S2. The Balaban J connectivity index is 1.29. The summed E-state index contributed by atoms with van der Waals surface area (Å²) in [7, 11) is -1.93. The van der Waals surface area contributed by atoms with Crippen molar-refractivity contribution in [1.82, 2.24) is 24.7 Å². The summed E-state index contributed by atoms with van der Waals surface area (Å²) >= 11 is 1.51. The minimum Gasteiger partial charge on any atom is -0.337 e. The summed E-state index contributed by atoms with van der Waals surface area (Å²) in [6.07, 6.45) is 9.07. The highest BCUT2D eigenvalue weighted by Gasteiger charge is 2.33. The number of aryl methyl sites for hydroxylation is 4. The van der Waals surface area contributed by atoms with Gasteiger partial charge in [0, 0.05) is 37.1 Å². The number of amides is 2. The molecule has 3 heterocycles. The molecule has 1 fully saturated rings. The fourth-order valence-electron chi connectivity index (χ4n) is 4.38. The number of hydrogen-bond acceptors (Lipinski definition) is 6. The zero-order valence-corrected chi connectivity index (χ0v) is 20.7. The zero-order valence-electron chi connectivity index (χ0n) is 19.1. The number of carbonyl (C=O) groups is 2. The number of rotatable bonds is 4. The van der Waals surface area contributed by atoms with Crippen LogP contribution in [-0.4, -0.2) is 47.2 Å². The topological polar surface area (TPSA) is 113 Å². The van der Waals surface area contributed by atoms with Crippen molar-refractivity contribution in [1.29, 1.82) is 0 Å². The highest BCUT2D eigenvalue weighted by Crippen LogP contribution is 2.28. The second-order valence-corrected chi connectivity index (χ2v) is 11.9. The van der Waals surface area contributed by atoms with Gasteiger partial charge in [0.25, 0.3) is 15.9 Å². The number of imidazole rings is 1. The Morgan fingerprint density at radius 1 is 1.09 bits per heavy atom.